The number of non-ortho nitro benzene ring substituents is 1. The van der Waals surface area contributed by atoms with Crippen molar-refractivity contribution in [2.45, 2.75) is 20.0 Å². The number of imide groups is 2. The van der Waals surface area contributed by atoms with Crippen LogP contribution in [-0.2, 0) is 22.6 Å². The molecule has 1 heterocycles. The van der Waals surface area contributed by atoms with Gasteiger partial charge in [0.15, 0.2) is 0 Å². The summed E-state index contributed by atoms with van der Waals surface area (Å²) in [6.45, 7) is 2.12. The van der Waals surface area contributed by atoms with E-state index >= 15 is 0 Å². The van der Waals surface area contributed by atoms with Gasteiger partial charge >= 0.3 is 6.03 Å². The number of amides is 4. The second-order valence-corrected chi connectivity index (χ2v) is 8.29. The number of benzene rings is 3. The number of hydrogen-bond donors (Lipinski definition) is 1. The number of nitrogens with one attached hydrogen (secondary N) is 1. The SMILES string of the molecule is CCc1ccc(N2C(=O)NC(=O)/C(=C\c3ccc(OCc4ccc([N+](=O)[O-])cc4)c(Cl)c3)C2=O)cc1. The van der Waals surface area contributed by atoms with Crippen LogP contribution in [0.3, 0.4) is 0 Å². The first-order valence-electron chi connectivity index (χ1n) is 10.9. The van der Waals surface area contributed by atoms with Gasteiger partial charge in [0.05, 0.1) is 15.6 Å². The fourth-order valence-corrected chi connectivity index (χ4v) is 3.78. The number of anilines is 1. The first-order chi connectivity index (χ1) is 17.3. The third-order valence-corrected chi connectivity index (χ3v) is 5.81. The summed E-state index contributed by atoms with van der Waals surface area (Å²) < 4.78 is 5.70. The quantitative estimate of drug-likeness (QED) is 0.207. The van der Waals surface area contributed by atoms with Crippen LogP contribution in [0.2, 0.25) is 5.02 Å². The van der Waals surface area contributed by atoms with Crippen molar-refractivity contribution in [1.82, 2.24) is 5.32 Å². The lowest BCUT2D eigenvalue weighted by atomic mass is 10.1. The van der Waals surface area contributed by atoms with E-state index in [1.54, 1.807) is 36.4 Å². The van der Waals surface area contributed by atoms with E-state index < -0.39 is 22.8 Å². The summed E-state index contributed by atoms with van der Waals surface area (Å²) in [6.07, 6.45) is 2.15. The molecule has 182 valence electrons. The Morgan fingerprint density at radius 3 is 2.28 bits per heavy atom. The van der Waals surface area contributed by atoms with Gasteiger partial charge in [0.2, 0.25) is 0 Å². The van der Waals surface area contributed by atoms with Gasteiger partial charge in [-0.2, -0.15) is 0 Å². The highest BCUT2D eigenvalue weighted by Gasteiger charge is 2.36. The number of nitrogens with zero attached hydrogens (tertiary/aromatic N) is 2. The maximum Gasteiger partial charge on any atom is 0.335 e. The molecule has 1 N–H and O–H groups in total. The molecule has 0 radical (unpaired) electrons. The number of carbonyl (C=O) groups excluding carboxylic acids is 3. The summed E-state index contributed by atoms with van der Waals surface area (Å²) in [5.74, 6) is -1.20. The van der Waals surface area contributed by atoms with Gasteiger partial charge in [-0.05, 0) is 65.6 Å². The molecule has 0 saturated carbocycles. The molecule has 0 spiro atoms. The van der Waals surface area contributed by atoms with E-state index in [2.05, 4.69) is 5.32 Å². The van der Waals surface area contributed by atoms with Gasteiger partial charge in [0.25, 0.3) is 17.5 Å². The van der Waals surface area contributed by atoms with Gasteiger partial charge in [-0.1, -0.05) is 36.7 Å². The summed E-state index contributed by atoms with van der Waals surface area (Å²) in [6, 6.07) is 16.8. The van der Waals surface area contributed by atoms with Crippen LogP contribution < -0.4 is 15.0 Å². The highest BCUT2D eigenvalue weighted by molar-refractivity contribution is 6.39. The number of barbiturate groups is 1. The maximum absolute atomic E-state index is 13.1. The number of nitro groups is 1. The highest BCUT2D eigenvalue weighted by atomic mass is 35.5. The number of rotatable bonds is 7. The average molecular weight is 506 g/mol. The van der Waals surface area contributed by atoms with Gasteiger partial charge < -0.3 is 4.74 Å². The molecule has 4 amide bonds. The van der Waals surface area contributed by atoms with E-state index in [0.29, 0.717) is 22.6 Å². The lowest BCUT2D eigenvalue weighted by Crippen LogP contribution is -2.54. The number of nitro benzene ring substituents is 1. The predicted octanol–water partition coefficient (Wildman–Crippen LogP) is 5.06. The number of halogens is 1. The Hall–Kier alpha value is -4.50. The largest absolute Gasteiger partial charge is 0.487 e. The van der Waals surface area contributed by atoms with Crippen LogP contribution in [0.4, 0.5) is 16.2 Å². The number of urea groups is 1. The maximum atomic E-state index is 13.1. The minimum atomic E-state index is -0.820. The Morgan fingerprint density at radius 1 is 1.00 bits per heavy atom. The van der Waals surface area contributed by atoms with E-state index in [-0.39, 0.29) is 22.9 Å². The Bertz CT molecular complexity index is 1380. The molecule has 0 bridgehead atoms. The van der Waals surface area contributed by atoms with E-state index in [1.165, 1.54) is 24.3 Å². The molecule has 3 aromatic rings. The van der Waals surface area contributed by atoms with Crippen LogP contribution >= 0.6 is 11.6 Å². The van der Waals surface area contributed by atoms with Crippen molar-refractivity contribution in [3.8, 4) is 5.75 Å². The van der Waals surface area contributed by atoms with Crippen LogP contribution in [0.1, 0.15) is 23.6 Å². The van der Waals surface area contributed by atoms with E-state index in [4.69, 9.17) is 16.3 Å². The Labute approximate surface area is 211 Å². The molecule has 0 unspecified atom stereocenters. The molecule has 0 atom stereocenters. The van der Waals surface area contributed by atoms with Crippen LogP contribution in [0.5, 0.6) is 5.75 Å². The van der Waals surface area contributed by atoms with Crippen molar-refractivity contribution < 1.29 is 24.0 Å². The molecule has 1 fully saturated rings. The molecule has 3 aromatic carbocycles. The van der Waals surface area contributed by atoms with Crippen LogP contribution in [-0.4, -0.2) is 22.8 Å². The Balaban J connectivity index is 1.52. The second kappa shape index (κ2) is 10.4. The summed E-state index contributed by atoms with van der Waals surface area (Å²) in [5.41, 5.74) is 2.32. The zero-order valence-electron chi connectivity index (χ0n) is 19.1. The van der Waals surface area contributed by atoms with Gasteiger partial charge in [0, 0.05) is 12.1 Å². The molecular weight excluding hydrogens is 486 g/mol. The lowest BCUT2D eigenvalue weighted by molar-refractivity contribution is -0.384. The molecule has 1 aliphatic heterocycles. The van der Waals surface area contributed by atoms with E-state index in [0.717, 1.165) is 16.9 Å². The second-order valence-electron chi connectivity index (χ2n) is 7.88. The fourth-order valence-electron chi connectivity index (χ4n) is 3.54. The third kappa shape index (κ3) is 5.26. The summed E-state index contributed by atoms with van der Waals surface area (Å²) in [7, 11) is 0. The van der Waals surface area contributed by atoms with Crippen molar-refractivity contribution in [3.63, 3.8) is 0 Å². The van der Waals surface area contributed by atoms with Crippen molar-refractivity contribution in [1.29, 1.82) is 0 Å². The molecule has 10 heteroatoms. The average Bonchev–Trinajstić information content (AvgIpc) is 2.86. The Morgan fingerprint density at radius 2 is 1.67 bits per heavy atom. The minimum Gasteiger partial charge on any atom is -0.487 e. The van der Waals surface area contributed by atoms with Gasteiger partial charge in [-0.25, -0.2) is 9.69 Å². The van der Waals surface area contributed by atoms with Crippen molar-refractivity contribution >= 4 is 46.9 Å². The number of ether oxygens (including phenoxy) is 1. The van der Waals surface area contributed by atoms with Crippen LogP contribution in [0.25, 0.3) is 6.08 Å². The van der Waals surface area contributed by atoms with E-state index in [9.17, 15) is 24.5 Å². The van der Waals surface area contributed by atoms with Gasteiger partial charge in [0.1, 0.15) is 17.9 Å². The minimum absolute atomic E-state index is 0.0197. The normalized spacial score (nSPS) is 14.7. The van der Waals surface area contributed by atoms with Crippen molar-refractivity contribution in [2.24, 2.45) is 0 Å². The molecule has 4 rings (SSSR count). The van der Waals surface area contributed by atoms with Crippen LogP contribution in [0.15, 0.2) is 72.3 Å². The van der Waals surface area contributed by atoms with E-state index in [1.807, 2.05) is 19.1 Å². The smallest absolute Gasteiger partial charge is 0.335 e. The van der Waals surface area contributed by atoms with Crippen LogP contribution in [0, 0.1) is 10.1 Å². The number of aryl methyl sites for hydroxylation is 1. The fraction of sp³-hybridized carbons (Fsp3) is 0.115. The number of carbonyl (C=O) groups is 3. The Kier molecular flexibility index (Phi) is 7.12. The lowest BCUT2D eigenvalue weighted by Gasteiger charge is -2.26. The van der Waals surface area contributed by atoms with Gasteiger partial charge in [-0.15, -0.1) is 0 Å². The summed E-state index contributed by atoms with van der Waals surface area (Å²) in [5, 5.41) is 13.2. The molecule has 9 nitrogen and oxygen atoms in total. The molecule has 1 saturated heterocycles. The molecule has 36 heavy (non-hydrogen) atoms. The first kappa shape index (κ1) is 24.6. The summed E-state index contributed by atoms with van der Waals surface area (Å²) >= 11 is 6.34. The monoisotopic (exact) mass is 505 g/mol. The molecule has 1 aliphatic rings. The number of hydrogen-bond acceptors (Lipinski definition) is 6. The highest BCUT2D eigenvalue weighted by Crippen LogP contribution is 2.29. The first-order valence-corrected chi connectivity index (χ1v) is 11.3. The zero-order chi connectivity index (χ0) is 25.8. The van der Waals surface area contributed by atoms with Crippen molar-refractivity contribution in [2.75, 3.05) is 4.90 Å². The molecular formula is C26H20ClN3O6. The third-order valence-electron chi connectivity index (χ3n) is 5.51. The zero-order valence-corrected chi connectivity index (χ0v) is 19.8. The molecule has 0 aromatic heterocycles. The van der Waals surface area contributed by atoms with Crippen molar-refractivity contribution in [3.05, 3.63) is 104 Å². The predicted molar refractivity (Wildman–Crippen MR) is 134 cm³/mol. The van der Waals surface area contributed by atoms with Gasteiger partial charge in [-0.3, -0.25) is 25.0 Å². The molecule has 0 aliphatic carbocycles. The topological polar surface area (TPSA) is 119 Å². The summed E-state index contributed by atoms with van der Waals surface area (Å²) in [4.78, 5) is 49.1. The standard InChI is InChI=1S/C26H20ClN3O6/c1-2-16-3-8-19(9-4-16)29-25(32)21(24(31)28-26(29)33)13-18-7-12-23(22(27)14-18)36-15-17-5-10-20(11-6-17)30(34)35/h3-14H,2,15H2,1H3,(H,28,31,33)/b21-13+.